The molecule has 1 aliphatic rings. The van der Waals surface area contributed by atoms with Crippen molar-refractivity contribution in [2.24, 2.45) is 11.7 Å². The van der Waals surface area contributed by atoms with Gasteiger partial charge in [0.25, 0.3) is 0 Å². The largest absolute Gasteiger partial charge is 0.454 e. The monoisotopic (exact) mass is 287 g/mol. The van der Waals surface area contributed by atoms with E-state index in [0.717, 1.165) is 17.7 Å². The van der Waals surface area contributed by atoms with Crippen LogP contribution in [0.4, 0.5) is 0 Å². The molecule has 0 spiro atoms. The smallest absolute Gasteiger partial charge is 0.231 e. The maximum atomic E-state index is 10.1. The van der Waals surface area contributed by atoms with Crippen molar-refractivity contribution < 1.29 is 14.6 Å². The summed E-state index contributed by atoms with van der Waals surface area (Å²) in [6, 6.07) is 5.20. The minimum Gasteiger partial charge on any atom is -0.454 e. The molecule has 0 fully saturated rings. The topological polar surface area (TPSA) is 64.7 Å². The van der Waals surface area contributed by atoms with E-state index in [2.05, 4.69) is 13.8 Å². The van der Waals surface area contributed by atoms with Crippen molar-refractivity contribution in [2.45, 2.75) is 38.8 Å². The average Bonchev–Trinajstić information content (AvgIpc) is 2.81. The fourth-order valence-electron chi connectivity index (χ4n) is 2.03. The second-order valence-corrected chi connectivity index (χ2v) is 5.18. The Bertz CT molecular complexity index is 412. The quantitative estimate of drug-likeness (QED) is 0.874. The minimum atomic E-state index is -0.521. The van der Waals surface area contributed by atoms with Crippen molar-refractivity contribution in [3.63, 3.8) is 0 Å². The molecule has 1 aromatic carbocycles. The van der Waals surface area contributed by atoms with E-state index in [1.165, 1.54) is 0 Å². The summed E-state index contributed by atoms with van der Waals surface area (Å²) in [7, 11) is 0. The fraction of sp³-hybridized carbons (Fsp3) is 0.571. The van der Waals surface area contributed by atoms with Gasteiger partial charge in [-0.2, -0.15) is 0 Å². The maximum Gasteiger partial charge on any atom is 0.231 e. The molecule has 5 heteroatoms. The molecule has 2 rings (SSSR count). The highest BCUT2D eigenvalue weighted by Gasteiger charge is 2.20. The molecule has 0 aliphatic carbocycles. The molecule has 0 saturated carbocycles. The zero-order chi connectivity index (χ0) is 13.1. The number of hydrogen-bond donors (Lipinski definition) is 2. The lowest BCUT2D eigenvalue weighted by Gasteiger charge is -2.20. The van der Waals surface area contributed by atoms with Crippen LogP contribution < -0.4 is 15.2 Å². The van der Waals surface area contributed by atoms with E-state index in [0.29, 0.717) is 18.1 Å². The molecule has 4 nitrogen and oxygen atoms in total. The first-order chi connectivity index (χ1) is 8.58. The van der Waals surface area contributed by atoms with E-state index >= 15 is 0 Å². The Morgan fingerprint density at radius 2 is 1.89 bits per heavy atom. The predicted octanol–water partition coefficient (Wildman–Crippen LogP) is 2.63. The summed E-state index contributed by atoms with van der Waals surface area (Å²) in [5.74, 6) is 2.02. The molecule has 1 aliphatic heterocycles. The Balaban J connectivity index is 0.00000180. The number of aliphatic hydroxyl groups excluding tert-OH is 1. The van der Waals surface area contributed by atoms with Gasteiger partial charge in [0.15, 0.2) is 11.5 Å². The van der Waals surface area contributed by atoms with Crippen molar-refractivity contribution in [1.82, 2.24) is 0 Å². The number of halogens is 1. The van der Waals surface area contributed by atoms with Gasteiger partial charge in [-0.3, -0.25) is 0 Å². The molecule has 0 saturated heterocycles. The van der Waals surface area contributed by atoms with Crippen LogP contribution in [0.25, 0.3) is 0 Å². The number of nitrogens with two attached hydrogens (primary N) is 1. The SMILES string of the molecule is CC(C)CC[C@@H](O)[C@@H](N)c1ccc2c(c1)OCO2.Cl. The highest BCUT2D eigenvalue weighted by atomic mass is 35.5. The molecule has 108 valence electrons. The number of ether oxygens (including phenoxy) is 2. The number of rotatable bonds is 5. The lowest BCUT2D eigenvalue weighted by Crippen LogP contribution is -2.26. The second-order valence-electron chi connectivity index (χ2n) is 5.18. The van der Waals surface area contributed by atoms with Crippen LogP contribution >= 0.6 is 12.4 Å². The molecular weight excluding hydrogens is 266 g/mol. The first-order valence-electron chi connectivity index (χ1n) is 6.41. The number of hydrogen-bond acceptors (Lipinski definition) is 4. The summed E-state index contributed by atoms with van der Waals surface area (Å²) in [6.45, 7) is 4.53. The number of fused-ring (bicyclic) bond motifs is 1. The van der Waals surface area contributed by atoms with Crippen LogP contribution in [-0.2, 0) is 0 Å². The third-order valence-electron chi connectivity index (χ3n) is 3.24. The van der Waals surface area contributed by atoms with Gasteiger partial charge in [0.05, 0.1) is 12.1 Å². The molecule has 2 atom stereocenters. The normalized spacial score (nSPS) is 16.1. The maximum absolute atomic E-state index is 10.1. The molecule has 19 heavy (non-hydrogen) atoms. The van der Waals surface area contributed by atoms with Gasteiger partial charge in [-0.15, -0.1) is 12.4 Å². The fourth-order valence-corrected chi connectivity index (χ4v) is 2.03. The van der Waals surface area contributed by atoms with Crippen molar-refractivity contribution >= 4 is 12.4 Å². The third-order valence-corrected chi connectivity index (χ3v) is 3.24. The van der Waals surface area contributed by atoms with E-state index in [9.17, 15) is 5.11 Å². The third kappa shape index (κ3) is 4.00. The lowest BCUT2D eigenvalue weighted by atomic mass is 9.96. The zero-order valence-corrected chi connectivity index (χ0v) is 12.2. The summed E-state index contributed by atoms with van der Waals surface area (Å²) >= 11 is 0. The highest BCUT2D eigenvalue weighted by Crippen LogP contribution is 2.34. The van der Waals surface area contributed by atoms with Gasteiger partial charge in [0, 0.05) is 0 Å². The minimum absolute atomic E-state index is 0. The van der Waals surface area contributed by atoms with Crippen LogP contribution in [0.5, 0.6) is 11.5 Å². The predicted molar refractivity (Wildman–Crippen MR) is 76.8 cm³/mol. The van der Waals surface area contributed by atoms with Crippen LogP contribution in [0, 0.1) is 5.92 Å². The summed E-state index contributed by atoms with van der Waals surface area (Å²) in [4.78, 5) is 0. The van der Waals surface area contributed by atoms with Gasteiger partial charge in [-0.1, -0.05) is 19.9 Å². The molecule has 0 aromatic heterocycles. The lowest BCUT2D eigenvalue weighted by molar-refractivity contribution is 0.128. The second kappa shape index (κ2) is 6.98. The highest BCUT2D eigenvalue weighted by molar-refractivity contribution is 5.85. The first kappa shape index (κ1) is 16.1. The molecule has 0 amide bonds. The molecule has 1 heterocycles. The van der Waals surface area contributed by atoms with Crippen LogP contribution in [0.15, 0.2) is 18.2 Å². The Morgan fingerprint density at radius 1 is 1.21 bits per heavy atom. The van der Waals surface area contributed by atoms with E-state index in [4.69, 9.17) is 15.2 Å². The summed E-state index contributed by atoms with van der Waals surface area (Å²) in [6.07, 6.45) is 1.17. The van der Waals surface area contributed by atoms with E-state index in [1.807, 2.05) is 18.2 Å². The van der Waals surface area contributed by atoms with Crippen LogP contribution in [0.3, 0.4) is 0 Å². The van der Waals surface area contributed by atoms with Crippen LogP contribution in [0.2, 0.25) is 0 Å². The Kier molecular flexibility index (Phi) is 5.91. The molecule has 0 radical (unpaired) electrons. The average molecular weight is 288 g/mol. The van der Waals surface area contributed by atoms with Gasteiger partial charge in [-0.05, 0) is 36.5 Å². The van der Waals surface area contributed by atoms with E-state index in [1.54, 1.807) is 0 Å². The van der Waals surface area contributed by atoms with Crippen LogP contribution in [-0.4, -0.2) is 18.0 Å². The molecule has 0 unspecified atom stereocenters. The van der Waals surface area contributed by atoms with Gasteiger partial charge < -0.3 is 20.3 Å². The standard InChI is InChI=1S/C14H21NO3.ClH/c1-9(2)3-5-11(16)14(15)10-4-6-12-13(7-10)18-8-17-12;/h4,6-7,9,11,14,16H,3,5,8,15H2,1-2H3;1H/t11-,14+;/m1./s1. The molecule has 0 bridgehead atoms. The van der Waals surface area contributed by atoms with E-state index in [-0.39, 0.29) is 25.2 Å². The van der Waals surface area contributed by atoms with Crippen LogP contribution in [0.1, 0.15) is 38.3 Å². The van der Waals surface area contributed by atoms with Crippen molar-refractivity contribution in [3.8, 4) is 11.5 Å². The van der Waals surface area contributed by atoms with Gasteiger partial charge in [0.2, 0.25) is 6.79 Å². The number of benzene rings is 1. The summed E-state index contributed by atoms with van der Waals surface area (Å²) < 4.78 is 10.6. The summed E-state index contributed by atoms with van der Waals surface area (Å²) in [5.41, 5.74) is 6.96. The number of aliphatic hydroxyl groups is 1. The van der Waals surface area contributed by atoms with Gasteiger partial charge in [-0.25, -0.2) is 0 Å². The van der Waals surface area contributed by atoms with Gasteiger partial charge >= 0.3 is 0 Å². The Hall–Kier alpha value is -0.970. The molecule has 3 N–H and O–H groups in total. The van der Waals surface area contributed by atoms with Crippen molar-refractivity contribution in [2.75, 3.05) is 6.79 Å². The summed E-state index contributed by atoms with van der Waals surface area (Å²) in [5, 5.41) is 10.1. The first-order valence-corrected chi connectivity index (χ1v) is 6.41. The van der Waals surface area contributed by atoms with Crippen molar-refractivity contribution in [1.29, 1.82) is 0 Å². The van der Waals surface area contributed by atoms with E-state index < -0.39 is 6.10 Å². The van der Waals surface area contributed by atoms with Gasteiger partial charge in [0.1, 0.15) is 0 Å². The Morgan fingerprint density at radius 3 is 2.58 bits per heavy atom. The zero-order valence-electron chi connectivity index (χ0n) is 11.3. The molecular formula is C14H22ClNO3. The van der Waals surface area contributed by atoms with Crippen molar-refractivity contribution in [3.05, 3.63) is 23.8 Å². The Labute approximate surface area is 120 Å². The molecule has 1 aromatic rings.